The molecule has 5 heteroatoms. The molecule has 1 N–H and O–H groups in total. The molecule has 0 aliphatic carbocycles. The van der Waals surface area contributed by atoms with Crippen LogP contribution in [0.1, 0.15) is 27.9 Å². The second-order valence-corrected chi connectivity index (χ2v) is 6.82. The van der Waals surface area contributed by atoms with Crippen LogP contribution in [0.5, 0.6) is 0 Å². The highest BCUT2D eigenvalue weighted by Gasteiger charge is 2.19. The lowest BCUT2D eigenvalue weighted by Crippen LogP contribution is -2.19. The number of aryl methyl sites for hydroxylation is 1. The fourth-order valence-corrected chi connectivity index (χ4v) is 3.46. The van der Waals surface area contributed by atoms with Crippen LogP contribution in [0.15, 0.2) is 40.9 Å². The molecule has 1 amide bonds. The highest BCUT2D eigenvalue weighted by atomic mass is 79.9. The van der Waals surface area contributed by atoms with E-state index in [-0.39, 0.29) is 16.6 Å². The zero-order valence-corrected chi connectivity index (χ0v) is 14.2. The van der Waals surface area contributed by atoms with Gasteiger partial charge in [-0.25, -0.2) is 4.39 Å². The van der Waals surface area contributed by atoms with Crippen LogP contribution in [0.4, 0.5) is 10.1 Å². The van der Waals surface area contributed by atoms with Crippen molar-refractivity contribution in [2.45, 2.75) is 17.7 Å². The minimum atomic E-state index is -0.244. The molecule has 2 aromatic carbocycles. The second kappa shape index (κ2) is 5.89. The number of hydrogen-bond acceptors (Lipinski definition) is 1. The van der Waals surface area contributed by atoms with E-state index < -0.39 is 0 Å². The van der Waals surface area contributed by atoms with Crippen LogP contribution in [0.2, 0.25) is 0 Å². The van der Waals surface area contributed by atoms with Crippen LogP contribution in [-0.2, 0) is 11.2 Å². The van der Waals surface area contributed by atoms with Gasteiger partial charge in [-0.15, -0.1) is 0 Å². The molecule has 0 bridgehead atoms. The second-order valence-electron chi connectivity index (χ2n) is 4.99. The van der Waals surface area contributed by atoms with Gasteiger partial charge >= 0.3 is 0 Å². The number of nitrogens with one attached hydrogen (secondary N) is 1. The van der Waals surface area contributed by atoms with Gasteiger partial charge < -0.3 is 5.32 Å². The fraction of sp³-hybridized carbons (Fsp3) is 0.188. The summed E-state index contributed by atoms with van der Waals surface area (Å²) in [5, 5.41) is 2.85. The van der Waals surface area contributed by atoms with Crippen molar-refractivity contribution in [3.8, 4) is 0 Å². The van der Waals surface area contributed by atoms with Gasteiger partial charge in [0.25, 0.3) is 0 Å². The molecule has 2 aromatic rings. The van der Waals surface area contributed by atoms with E-state index in [2.05, 4.69) is 37.2 Å². The molecule has 1 unspecified atom stereocenters. The highest BCUT2D eigenvalue weighted by molar-refractivity contribution is 9.10. The Balaban J connectivity index is 1.97. The Bertz CT molecular complexity index is 717. The Hall–Kier alpha value is -1.20. The molecule has 0 saturated carbocycles. The van der Waals surface area contributed by atoms with Crippen molar-refractivity contribution >= 4 is 43.5 Å². The maximum absolute atomic E-state index is 14.0. The van der Waals surface area contributed by atoms with Crippen LogP contribution in [0.3, 0.4) is 0 Å². The van der Waals surface area contributed by atoms with Crippen LogP contribution in [0, 0.1) is 5.82 Å². The number of rotatable bonds is 2. The number of halogens is 3. The van der Waals surface area contributed by atoms with E-state index >= 15 is 0 Å². The molecule has 108 valence electrons. The third-order valence-corrected chi connectivity index (χ3v) is 5.06. The minimum absolute atomic E-state index is 0.0451. The maximum atomic E-state index is 14.0. The predicted octanol–water partition coefficient (Wildman–Crippen LogP) is 4.96. The van der Waals surface area contributed by atoms with E-state index in [9.17, 15) is 9.18 Å². The molecule has 1 aliphatic heterocycles. The Morgan fingerprint density at radius 3 is 2.76 bits per heavy atom. The lowest BCUT2D eigenvalue weighted by Gasteiger charge is -2.19. The summed E-state index contributed by atoms with van der Waals surface area (Å²) in [5.74, 6) is -0.199. The summed E-state index contributed by atoms with van der Waals surface area (Å²) in [6, 6.07) is 10.7. The third kappa shape index (κ3) is 3.04. The van der Waals surface area contributed by atoms with Gasteiger partial charge in [-0.3, -0.25) is 4.79 Å². The van der Waals surface area contributed by atoms with Gasteiger partial charge in [0.1, 0.15) is 5.82 Å². The topological polar surface area (TPSA) is 29.1 Å². The zero-order chi connectivity index (χ0) is 15.0. The van der Waals surface area contributed by atoms with E-state index in [1.165, 1.54) is 6.07 Å². The number of hydrogen-bond donors (Lipinski definition) is 1. The summed E-state index contributed by atoms with van der Waals surface area (Å²) < 4.78 is 14.8. The first-order valence-corrected chi connectivity index (χ1v) is 8.27. The lowest BCUT2D eigenvalue weighted by atomic mass is 9.97. The highest BCUT2D eigenvalue weighted by Crippen LogP contribution is 2.36. The fourth-order valence-electron chi connectivity index (χ4n) is 2.45. The monoisotopic (exact) mass is 411 g/mol. The number of amides is 1. The van der Waals surface area contributed by atoms with E-state index in [4.69, 9.17) is 0 Å². The third-order valence-electron chi connectivity index (χ3n) is 3.55. The molecule has 0 fully saturated rings. The minimum Gasteiger partial charge on any atom is -0.326 e. The van der Waals surface area contributed by atoms with Crippen molar-refractivity contribution in [2.75, 3.05) is 5.32 Å². The Labute approximate surface area is 139 Å². The quantitative estimate of drug-likeness (QED) is 0.694. The van der Waals surface area contributed by atoms with Gasteiger partial charge in [-0.2, -0.15) is 0 Å². The normalized spacial score (nSPS) is 15.3. The van der Waals surface area contributed by atoms with Gasteiger partial charge in [-0.1, -0.05) is 44.0 Å². The summed E-state index contributed by atoms with van der Waals surface area (Å²) in [6.07, 6.45) is 1.21. The number of fused-ring (bicyclic) bond motifs is 1. The number of anilines is 1. The molecule has 21 heavy (non-hydrogen) atoms. The van der Waals surface area contributed by atoms with Crippen molar-refractivity contribution in [2.24, 2.45) is 0 Å². The van der Waals surface area contributed by atoms with Gasteiger partial charge in [0.05, 0.1) is 4.83 Å². The average Bonchev–Trinajstić information content (AvgIpc) is 2.48. The molecule has 1 aliphatic rings. The van der Waals surface area contributed by atoms with Crippen LogP contribution < -0.4 is 5.32 Å². The van der Waals surface area contributed by atoms with Gasteiger partial charge in [0.15, 0.2) is 0 Å². The summed E-state index contributed by atoms with van der Waals surface area (Å²) in [5.41, 5.74) is 3.50. The van der Waals surface area contributed by atoms with Crippen molar-refractivity contribution in [1.29, 1.82) is 0 Å². The van der Waals surface area contributed by atoms with Crippen molar-refractivity contribution in [1.82, 2.24) is 0 Å². The molecular formula is C16H12Br2FNO. The average molecular weight is 413 g/mol. The van der Waals surface area contributed by atoms with Gasteiger partial charge in [0, 0.05) is 22.1 Å². The molecule has 1 heterocycles. The van der Waals surface area contributed by atoms with E-state index in [1.807, 2.05) is 18.2 Å². The molecule has 0 aromatic heterocycles. The smallest absolute Gasteiger partial charge is 0.224 e. The predicted molar refractivity (Wildman–Crippen MR) is 88.3 cm³/mol. The number of carbonyl (C=O) groups excluding carboxylic acids is 1. The zero-order valence-electron chi connectivity index (χ0n) is 11.0. The summed E-state index contributed by atoms with van der Waals surface area (Å²) in [7, 11) is 0. The van der Waals surface area contributed by atoms with E-state index in [0.29, 0.717) is 12.0 Å². The largest absolute Gasteiger partial charge is 0.326 e. The SMILES string of the molecule is O=C1CCc2cc(C(Br)c3cc(Br)ccc3F)ccc2N1. The lowest BCUT2D eigenvalue weighted by molar-refractivity contribution is -0.116. The number of benzene rings is 2. The van der Waals surface area contributed by atoms with Crippen LogP contribution >= 0.6 is 31.9 Å². The van der Waals surface area contributed by atoms with Gasteiger partial charge in [0.2, 0.25) is 5.91 Å². The van der Waals surface area contributed by atoms with Crippen LogP contribution in [0.25, 0.3) is 0 Å². The Morgan fingerprint density at radius 1 is 1.14 bits per heavy atom. The molecule has 0 saturated heterocycles. The molecule has 1 atom stereocenters. The first-order valence-electron chi connectivity index (χ1n) is 6.56. The first-order chi connectivity index (χ1) is 10.0. The van der Waals surface area contributed by atoms with Crippen molar-refractivity contribution in [3.05, 3.63) is 63.4 Å². The summed E-state index contributed by atoms with van der Waals surface area (Å²) in [6.45, 7) is 0. The number of alkyl halides is 1. The Morgan fingerprint density at radius 2 is 1.95 bits per heavy atom. The molecule has 2 nitrogen and oxygen atoms in total. The van der Waals surface area contributed by atoms with Gasteiger partial charge in [-0.05, 0) is 41.8 Å². The summed E-state index contributed by atoms with van der Waals surface area (Å²) >= 11 is 6.94. The molecule has 3 rings (SSSR count). The maximum Gasteiger partial charge on any atom is 0.224 e. The molecule has 0 radical (unpaired) electrons. The number of carbonyl (C=O) groups is 1. The van der Waals surface area contributed by atoms with E-state index in [1.54, 1.807) is 12.1 Å². The standard InChI is InChI=1S/C16H12Br2FNO/c17-11-3-4-13(19)12(8-11)16(18)10-1-5-14-9(7-10)2-6-15(21)20-14/h1,3-5,7-8,16H,2,6H2,(H,20,21). The Kier molecular flexibility index (Phi) is 4.13. The van der Waals surface area contributed by atoms with Crippen molar-refractivity contribution < 1.29 is 9.18 Å². The first kappa shape index (κ1) is 14.7. The molecule has 0 spiro atoms. The van der Waals surface area contributed by atoms with E-state index in [0.717, 1.165) is 27.7 Å². The summed E-state index contributed by atoms with van der Waals surface area (Å²) in [4.78, 5) is 11.1. The van der Waals surface area contributed by atoms with Crippen molar-refractivity contribution in [3.63, 3.8) is 0 Å². The molecular weight excluding hydrogens is 401 g/mol. The van der Waals surface area contributed by atoms with Crippen LogP contribution in [-0.4, -0.2) is 5.91 Å².